The summed E-state index contributed by atoms with van der Waals surface area (Å²) in [6, 6.07) is 53.5. The van der Waals surface area contributed by atoms with Gasteiger partial charge in [-0.05, 0) is 89.3 Å². The molecule has 9 aromatic rings. The van der Waals surface area contributed by atoms with Gasteiger partial charge in [-0.2, -0.15) is 0 Å². The van der Waals surface area contributed by atoms with Crippen LogP contribution >= 0.6 is 11.3 Å². The Labute approximate surface area is 274 Å². The van der Waals surface area contributed by atoms with Crippen molar-refractivity contribution < 1.29 is 1.37 Å². The van der Waals surface area contributed by atoms with Gasteiger partial charge >= 0.3 is 0 Å². The van der Waals surface area contributed by atoms with Gasteiger partial charge in [-0.3, -0.25) is 0 Å². The second kappa shape index (κ2) is 10.7. The summed E-state index contributed by atoms with van der Waals surface area (Å²) >= 11 is 1.92. The summed E-state index contributed by atoms with van der Waals surface area (Å²) in [5.41, 5.74) is 8.90. The molecular formula is C45H32S. The molecule has 0 aliphatic heterocycles. The smallest absolute Gasteiger partial charge is 0.0623 e. The molecule has 1 heterocycles. The first kappa shape index (κ1) is 26.0. The van der Waals surface area contributed by atoms with E-state index in [1.54, 1.807) is 0 Å². The lowest BCUT2D eigenvalue weighted by Gasteiger charge is -2.18. The van der Waals surface area contributed by atoms with Crippen molar-refractivity contribution in [1.82, 2.24) is 0 Å². The fourth-order valence-electron chi connectivity index (χ4n) is 7.41. The van der Waals surface area contributed by atoms with Gasteiger partial charge in [0.15, 0.2) is 0 Å². The third kappa shape index (κ3) is 4.20. The minimum Gasteiger partial charge on any atom is -0.135 e. The molecule has 0 radical (unpaired) electrons. The molecule has 9 rings (SSSR count). The van der Waals surface area contributed by atoms with Crippen molar-refractivity contribution >= 4 is 63.8 Å². The quantitative estimate of drug-likeness (QED) is 0.175. The van der Waals surface area contributed by atoms with E-state index in [1.165, 1.54) is 80.7 Å². The van der Waals surface area contributed by atoms with Crippen molar-refractivity contribution in [2.45, 2.75) is 19.8 Å². The largest absolute Gasteiger partial charge is 0.135 e. The molecule has 8 aromatic carbocycles. The molecule has 0 aliphatic carbocycles. The highest BCUT2D eigenvalue weighted by Crippen LogP contribution is 2.46. The maximum atomic E-state index is 8.06. The normalized spacial score (nSPS) is 12.2. The molecule has 0 nitrogen and oxygen atoms in total. The minimum absolute atomic E-state index is 0.490. The Bertz CT molecular complexity index is 2600. The molecular weight excluding hydrogens is 573 g/mol. The first-order chi connectivity index (χ1) is 23.0. The third-order valence-corrected chi connectivity index (χ3v) is 10.8. The minimum atomic E-state index is 0.490. The third-order valence-electron chi connectivity index (χ3n) is 9.56. The van der Waals surface area contributed by atoms with Gasteiger partial charge in [0.05, 0.1) is 1.37 Å². The Morgan fingerprint density at radius 1 is 0.500 bits per heavy atom. The molecule has 46 heavy (non-hydrogen) atoms. The lowest BCUT2D eigenvalue weighted by atomic mass is 9.85. The van der Waals surface area contributed by atoms with Crippen molar-refractivity contribution in [3.05, 3.63) is 157 Å². The van der Waals surface area contributed by atoms with E-state index in [0.29, 0.717) is 12.0 Å². The second-order valence-electron chi connectivity index (χ2n) is 12.6. The van der Waals surface area contributed by atoms with E-state index in [-0.39, 0.29) is 0 Å². The molecule has 218 valence electrons. The molecule has 0 fully saturated rings. The van der Waals surface area contributed by atoms with Gasteiger partial charge in [0, 0.05) is 20.2 Å². The molecule has 0 saturated carbocycles. The molecule has 0 N–H and O–H groups in total. The number of fused-ring (bicyclic) bond motifs is 6. The van der Waals surface area contributed by atoms with Crippen LogP contribution in [0.5, 0.6) is 0 Å². The van der Waals surface area contributed by atoms with Gasteiger partial charge in [-0.1, -0.05) is 153 Å². The van der Waals surface area contributed by atoms with E-state index >= 15 is 0 Å². The van der Waals surface area contributed by atoms with Crippen LogP contribution in [0.4, 0.5) is 0 Å². The van der Waals surface area contributed by atoms with Crippen molar-refractivity contribution in [3.8, 4) is 33.4 Å². The van der Waals surface area contributed by atoms with Gasteiger partial charge in [0.25, 0.3) is 0 Å². The van der Waals surface area contributed by atoms with E-state index in [9.17, 15) is 0 Å². The molecule has 0 spiro atoms. The topological polar surface area (TPSA) is 0 Å². The first-order valence-electron chi connectivity index (χ1n) is 16.5. The Kier molecular flexibility index (Phi) is 6.05. The Morgan fingerprint density at radius 2 is 1.11 bits per heavy atom. The number of rotatable bonds is 4. The highest BCUT2D eigenvalue weighted by Gasteiger charge is 2.18. The molecule has 0 bridgehead atoms. The zero-order valence-electron chi connectivity index (χ0n) is 26.8. The van der Waals surface area contributed by atoms with Gasteiger partial charge in [0.2, 0.25) is 0 Å². The molecule has 0 unspecified atom stereocenters. The molecule has 0 saturated heterocycles. The Morgan fingerprint density at radius 3 is 1.80 bits per heavy atom. The molecule has 0 aliphatic rings. The van der Waals surface area contributed by atoms with Crippen LogP contribution < -0.4 is 0 Å². The van der Waals surface area contributed by atoms with Gasteiger partial charge < -0.3 is 0 Å². The SMILES string of the molecule is [2H]c1ccc2cc(-c3c4ccccc4c(-c4ccc(-c5cccc6sc7c(C(C)C)cccc7c56)cc4)c4ccccc34)ccc2c1. The van der Waals surface area contributed by atoms with Crippen LogP contribution in [0.25, 0.3) is 85.9 Å². The zero-order valence-corrected chi connectivity index (χ0v) is 26.7. The van der Waals surface area contributed by atoms with Crippen LogP contribution in [-0.2, 0) is 0 Å². The molecule has 1 aromatic heterocycles. The number of thiophene rings is 1. The average molecular weight is 606 g/mol. The summed E-state index contributed by atoms with van der Waals surface area (Å²) in [4.78, 5) is 0. The Balaban J connectivity index is 1.23. The zero-order chi connectivity index (χ0) is 31.6. The summed E-state index contributed by atoms with van der Waals surface area (Å²) in [6.07, 6.45) is 0. The Hall–Kier alpha value is -5.24. The first-order valence-corrected chi connectivity index (χ1v) is 16.9. The predicted octanol–water partition coefficient (Wildman–Crippen LogP) is 13.6. The van der Waals surface area contributed by atoms with Gasteiger partial charge in [-0.15, -0.1) is 11.3 Å². The van der Waals surface area contributed by atoms with Crippen molar-refractivity contribution in [1.29, 1.82) is 0 Å². The van der Waals surface area contributed by atoms with Crippen molar-refractivity contribution in [2.24, 2.45) is 0 Å². The highest BCUT2D eigenvalue weighted by molar-refractivity contribution is 7.26. The summed E-state index contributed by atoms with van der Waals surface area (Å²) in [7, 11) is 0. The fraction of sp³-hybridized carbons (Fsp3) is 0.0667. The van der Waals surface area contributed by atoms with Crippen LogP contribution in [0.3, 0.4) is 0 Å². The summed E-state index contributed by atoms with van der Waals surface area (Å²) in [6.45, 7) is 4.57. The van der Waals surface area contributed by atoms with E-state index in [0.717, 1.165) is 10.8 Å². The lowest BCUT2D eigenvalue weighted by molar-refractivity contribution is 0.878. The van der Waals surface area contributed by atoms with Crippen LogP contribution in [0.15, 0.2) is 152 Å². The number of benzene rings is 8. The van der Waals surface area contributed by atoms with Crippen LogP contribution in [-0.4, -0.2) is 0 Å². The summed E-state index contributed by atoms with van der Waals surface area (Å²) in [5, 5.41) is 9.97. The fourth-order valence-corrected chi connectivity index (χ4v) is 8.80. The average Bonchev–Trinajstić information content (AvgIpc) is 3.49. The lowest BCUT2D eigenvalue weighted by Crippen LogP contribution is -1.91. The molecule has 0 atom stereocenters. The van der Waals surface area contributed by atoms with Crippen LogP contribution in [0.2, 0.25) is 0 Å². The summed E-state index contributed by atoms with van der Waals surface area (Å²) < 4.78 is 10.8. The maximum absolute atomic E-state index is 8.06. The van der Waals surface area contributed by atoms with E-state index in [1.807, 2.05) is 23.5 Å². The number of hydrogen-bond donors (Lipinski definition) is 0. The van der Waals surface area contributed by atoms with E-state index < -0.39 is 0 Å². The summed E-state index contributed by atoms with van der Waals surface area (Å²) in [5.74, 6) is 0.490. The van der Waals surface area contributed by atoms with E-state index in [4.69, 9.17) is 1.37 Å². The van der Waals surface area contributed by atoms with Crippen LogP contribution in [0.1, 0.15) is 26.7 Å². The molecule has 0 amide bonds. The predicted molar refractivity (Wildman–Crippen MR) is 202 cm³/mol. The van der Waals surface area contributed by atoms with Crippen molar-refractivity contribution in [3.63, 3.8) is 0 Å². The molecule has 1 heteroatoms. The monoisotopic (exact) mass is 605 g/mol. The maximum Gasteiger partial charge on any atom is 0.0623 e. The highest BCUT2D eigenvalue weighted by atomic mass is 32.1. The standard InChI is InChI=1S/C45H32S/c1-28(2)34-17-9-19-40-44-35(18-10-20-41(44)46-45(34)40)30-22-24-31(25-23-30)42-36-13-5-7-15-38(36)43(39-16-8-6-14-37(39)42)33-26-21-29-11-3-4-12-32(29)27-33/h3-28H,1-2H3/i3D. The second-order valence-corrected chi connectivity index (χ2v) is 13.6. The van der Waals surface area contributed by atoms with Gasteiger partial charge in [0.1, 0.15) is 0 Å². The van der Waals surface area contributed by atoms with Crippen molar-refractivity contribution in [2.75, 3.05) is 0 Å². The number of hydrogen-bond acceptors (Lipinski definition) is 1. The van der Waals surface area contributed by atoms with Crippen LogP contribution in [0, 0.1) is 0 Å². The van der Waals surface area contributed by atoms with E-state index in [2.05, 4.69) is 147 Å². The van der Waals surface area contributed by atoms with Gasteiger partial charge in [-0.25, -0.2) is 0 Å².